The van der Waals surface area contributed by atoms with Crippen molar-refractivity contribution >= 4 is 29.5 Å². The first-order valence-corrected chi connectivity index (χ1v) is 4.78. The number of esters is 1. The van der Waals surface area contributed by atoms with Gasteiger partial charge in [0.05, 0.1) is 18.6 Å². The second-order valence-electron chi connectivity index (χ2n) is 2.44. The van der Waals surface area contributed by atoms with Gasteiger partial charge in [0.2, 0.25) is 11.8 Å². The Labute approximate surface area is 79.4 Å². The van der Waals surface area contributed by atoms with Crippen LogP contribution in [0.5, 0.6) is 0 Å². The van der Waals surface area contributed by atoms with E-state index in [2.05, 4.69) is 4.74 Å². The summed E-state index contributed by atoms with van der Waals surface area (Å²) in [6.07, 6.45) is 0. The second-order valence-corrected chi connectivity index (χ2v) is 3.43. The Morgan fingerprint density at radius 2 is 2.00 bits per heavy atom. The molecule has 5 nitrogen and oxygen atoms in total. The van der Waals surface area contributed by atoms with Crippen LogP contribution in [0.2, 0.25) is 0 Å². The van der Waals surface area contributed by atoms with Crippen LogP contribution in [0.25, 0.3) is 0 Å². The van der Waals surface area contributed by atoms with Gasteiger partial charge in [0.15, 0.2) is 0 Å². The predicted octanol–water partition coefficient (Wildman–Crippen LogP) is -0.739. The molecule has 1 aliphatic heterocycles. The Balaban J connectivity index is 2.59. The van der Waals surface area contributed by atoms with E-state index in [9.17, 15) is 14.4 Å². The van der Waals surface area contributed by atoms with E-state index in [1.165, 1.54) is 18.9 Å². The zero-order chi connectivity index (χ0) is 9.84. The van der Waals surface area contributed by atoms with Gasteiger partial charge in [-0.1, -0.05) is 0 Å². The summed E-state index contributed by atoms with van der Waals surface area (Å²) in [5.41, 5.74) is 0. The number of nitrogens with zero attached hydrogens (tertiary/aromatic N) is 1. The summed E-state index contributed by atoms with van der Waals surface area (Å²) < 4.78 is 4.36. The van der Waals surface area contributed by atoms with Crippen LogP contribution in [0.15, 0.2) is 0 Å². The third kappa shape index (κ3) is 2.45. The van der Waals surface area contributed by atoms with E-state index in [-0.39, 0.29) is 29.9 Å². The number of ether oxygens (including phenoxy) is 1. The lowest BCUT2D eigenvalue weighted by Crippen LogP contribution is -2.45. The average Bonchev–Trinajstić information content (AvgIpc) is 2.11. The monoisotopic (exact) mass is 203 g/mol. The molecule has 1 fully saturated rings. The van der Waals surface area contributed by atoms with Gasteiger partial charge in [-0.2, -0.15) is 0 Å². The van der Waals surface area contributed by atoms with Crippen molar-refractivity contribution in [2.24, 2.45) is 0 Å². The highest BCUT2D eigenvalue weighted by Crippen LogP contribution is 2.11. The fourth-order valence-electron chi connectivity index (χ4n) is 0.891. The molecule has 2 amide bonds. The minimum absolute atomic E-state index is 0.253. The largest absolute Gasteiger partial charge is 0.468 e. The van der Waals surface area contributed by atoms with Crippen LogP contribution in [0.1, 0.15) is 0 Å². The van der Waals surface area contributed by atoms with E-state index in [0.717, 1.165) is 4.90 Å². The smallest absolute Gasteiger partial charge is 0.325 e. The minimum atomic E-state index is -0.575. The van der Waals surface area contributed by atoms with Gasteiger partial charge in [-0.3, -0.25) is 19.3 Å². The molecule has 6 heteroatoms. The number of hydrogen-bond donors (Lipinski definition) is 0. The van der Waals surface area contributed by atoms with Gasteiger partial charge in [0.25, 0.3) is 0 Å². The van der Waals surface area contributed by atoms with Crippen LogP contribution in [0, 0.1) is 0 Å². The van der Waals surface area contributed by atoms with E-state index in [1.807, 2.05) is 0 Å². The van der Waals surface area contributed by atoms with Crippen LogP contribution < -0.4 is 0 Å². The lowest BCUT2D eigenvalue weighted by Gasteiger charge is -2.22. The zero-order valence-electron chi connectivity index (χ0n) is 7.11. The van der Waals surface area contributed by atoms with Gasteiger partial charge < -0.3 is 4.74 Å². The molecule has 13 heavy (non-hydrogen) atoms. The van der Waals surface area contributed by atoms with Crippen LogP contribution in [0.3, 0.4) is 0 Å². The maximum atomic E-state index is 11.1. The third-order valence-corrected chi connectivity index (χ3v) is 2.47. The van der Waals surface area contributed by atoms with Crippen molar-refractivity contribution < 1.29 is 19.1 Å². The van der Waals surface area contributed by atoms with Crippen molar-refractivity contribution in [1.29, 1.82) is 0 Å². The minimum Gasteiger partial charge on any atom is -0.468 e. The number of hydrogen-bond acceptors (Lipinski definition) is 5. The fourth-order valence-corrected chi connectivity index (χ4v) is 1.65. The molecule has 0 spiro atoms. The van der Waals surface area contributed by atoms with Crippen LogP contribution >= 0.6 is 11.8 Å². The molecule has 0 aliphatic carbocycles. The first kappa shape index (κ1) is 10.0. The van der Waals surface area contributed by atoms with Crippen LogP contribution in [0.4, 0.5) is 0 Å². The molecule has 0 aromatic rings. The molecule has 0 bridgehead atoms. The predicted molar refractivity (Wildman–Crippen MR) is 46.1 cm³/mol. The molecule has 0 aromatic carbocycles. The second kappa shape index (κ2) is 4.27. The topological polar surface area (TPSA) is 63.7 Å². The number of thioether (sulfide) groups is 1. The standard InChI is InChI=1S/C7H9NO4S/c1-12-7(11)2-8-5(9)3-13-4-6(8)10/h2-4H2,1H3. The van der Waals surface area contributed by atoms with E-state index < -0.39 is 5.97 Å². The van der Waals surface area contributed by atoms with Gasteiger partial charge in [-0.15, -0.1) is 11.8 Å². The van der Waals surface area contributed by atoms with Crippen molar-refractivity contribution in [3.8, 4) is 0 Å². The number of carbonyl (C=O) groups is 3. The number of rotatable bonds is 2. The Morgan fingerprint density at radius 3 is 2.46 bits per heavy atom. The van der Waals surface area contributed by atoms with E-state index >= 15 is 0 Å². The fraction of sp³-hybridized carbons (Fsp3) is 0.571. The molecular formula is C7H9NO4S. The number of carbonyl (C=O) groups excluding carboxylic acids is 3. The maximum Gasteiger partial charge on any atom is 0.325 e. The molecular weight excluding hydrogens is 194 g/mol. The quantitative estimate of drug-likeness (QED) is 0.437. The maximum absolute atomic E-state index is 11.1. The molecule has 1 rings (SSSR count). The van der Waals surface area contributed by atoms with E-state index in [1.54, 1.807) is 0 Å². The van der Waals surface area contributed by atoms with Gasteiger partial charge in [0.1, 0.15) is 6.54 Å². The SMILES string of the molecule is COC(=O)CN1C(=O)CSCC1=O. The van der Waals surface area contributed by atoms with E-state index in [4.69, 9.17) is 0 Å². The summed E-state index contributed by atoms with van der Waals surface area (Å²) in [7, 11) is 1.22. The Hall–Kier alpha value is -1.04. The highest BCUT2D eigenvalue weighted by Gasteiger charge is 2.28. The number of amides is 2. The molecule has 1 aliphatic rings. The Kier molecular flexibility index (Phi) is 3.30. The summed E-state index contributed by atoms with van der Waals surface area (Å²) in [6, 6.07) is 0. The number of imide groups is 1. The van der Waals surface area contributed by atoms with Crippen LogP contribution in [-0.4, -0.2) is 47.8 Å². The van der Waals surface area contributed by atoms with Crippen molar-refractivity contribution in [3.63, 3.8) is 0 Å². The highest BCUT2D eigenvalue weighted by molar-refractivity contribution is 8.00. The van der Waals surface area contributed by atoms with Gasteiger partial charge in [-0.05, 0) is 0 Å². The molecule has 1 saturated heterocycles. The van der Waals surface area contributed by atoms with E-state index in [0.29, 0.717) is 0 Å². The Morgan fingerprint density at radius 1 is 1.46 bits per heavy atom. The van der Waals surface area contributed by atoms with Crippen molar-refractivity contribution in [2.75, 3.05) is 25.2 Å². The lowest BCUT2D eigenvalue weighted by atomic mass is 10.4. The molecule has 1 heterocycles. The van der Waals surface area contributed by atoms with Gasteiger partial charge >= 0.3 is 5.97 Å². The average molecular weight is 203 g/mol. The summed E-state index contributed by atoms with van der Waals surface area (Å²) >= 11 is 1.26. The lowest BCUT2D eigenvalue weighted by molar-refractivity contribution is -0.152. The summed E-state index contributed by atoms with van der Waals surface area (Å²) in [4.78, 5) is 34.0. The third-order valence-electron chi connectivity index (χ3n) is 1.57. The zero-order valence-corrected chi connectivity index (χ0v) is 7.93. The molecule has 0 unspecified atom stereocenters. The van der Waals surface area contributed by atoms with Crippen molar-refractivity contribution in [3.05, 3.63) is 0 Å². The van der Waals surface area contributed by atoms with Crippen molar-refractivity contribution in [2.45, 2.75) is 0 Å². The summed E-state index contributed by atoms with van der Waals surface area (Å²) in [5.74, 6) is -0.724. The van der Waals surface area contributed by atoms with Crippen LogP contribution in [-0.2, 0) is 19.1 Å². The first-order valence-electron chi connectivity index (χ1n) is 3.63. The van der Waals surface area contributed by atoms with Gasteiger partial charge in [-0.25, -0.2) is 0 Å². The molecule has 0 saturated carbocycles. The Bertz CT molecular complexity index is 237. The number of methoxy groups -OCH3 is 1. The van der Waals surface area contributed by atoms with Crippen molar-refractivity contribution in [1.82, 2.24) is 4.90 Å². The summed E-state index contributed by atoms with van der Waals surface area (Å²) in [6.45, 7) is -0.269. The molecule has 0 atom stereocenters. The van der Waals surface area contributed by atoms with Gasteiger partial charge in [0, 0.05) is 0 Å². The summed E-state index contributed by atoms with van der Waals surface area (Å²) in [5, 5.41) is 0. The molecule has 0 radical (unpaired) electrons. The molecule has 0 aromatic heterocycles. The highest BCUT2D eigenvalue weighted by atomic mass is 32.2. The molecule has 0 N–H and O–H groups in total. The first-order chi connectivity index (χ1) is 6.15. The normalized spacial score (nSPS) is 17.5. The molecule has 72 valence electrons.